The summed E-state index contributed by atoms with van der Waals surface area (Å²) in [6, 6.07) is 11.6. The molecule has 0 atom stereocenters. The van der Waals surface area contributed by atoms with Gasteiger partial charge in [0.15, 0.2) is 5.69 Å². The van der Waals surface area contributed by atoms with Gasteiger partial charge in [-0.3, -0.25) is 14.8 Å². The molecule has 0 bridgehead atoms. The van der Waals surface area contributed by atoms with Gasteiger partial charge in [-0.25, -0.2) is 0 Å². The van der Waals surface area contributed by atoms with Crippen molar-refractivity contribution in [1.82, 2.24) is 24.9 Å². The van der Waals surface area contributed by atoms with E-state index in [1.165, 1.54) is 11.3 Å². The number of hydrogen-bond acceptors (Lipinski definition) is 6. The zero-order chi connectivity index (χ0) is 17.8. The number of benzene rings is 1. The Labute approximate surface area is 150 Å². The molecule has 0 aliphatic heterocycles. The minimum atomic E-state index is -0.284. The summed E-state index contributed by atoms with van der Waals surface area (Å²) in [5.41, 5.74) is 2.25. The molecular weight excluding hydrogens is 336 g/mol. The van der Waals surface area contributed by atoms with Gasteiger partial charge in [-0.1, -0.05) is 41.7 Å². The molecule has 7 nitrogen and oxygen atoms in total. The van der Waals surface area contributed by atoms with E-state index in [1.807, 2.05) is 51.5 Å². The molecule has 0 fully saturated rings. The molecule has 3 aromatic rings. The van der Waals surface area contributed by atoms with Gasteiger partial charge in [0.25, 0.3) is 5.91 Å². The van der Waals surface area contributed by atoms with Crippen LogP contribution in [0.5, 0.6) is 0 Å². The Morgan fingerprint density at radius 3 is 2.72 bits per heavy atom. The standard InChI is InChI=1S/C17H20N6OS/c1-22(2)10-9-15-19-20-17(25-15)18-16(24)13-11-14(23(3)21-13)12-7-5-4-6-8-12/h4-8,11H,9-10H2,1-3H3,(H,18,20,24). The van der Waals surface area contributed by atoms with E-state index in [0.717, 1.165) is 29.2 Å². The highest BCUT2D eigenvalue weighted by Crippen LogP contribution is 2.21. The molecule has 1 aromatic carbocycles. The Bertz CT molecular complexity index is 855. The molecule has 8 heteroatoms. The number of amides is 1. The highest BCUT2D eigenvalue weighted by atomic mass is 32.1. The molecular formula is C17H20N6OS. The Morgan fingerprint density at radius 2 is 2.00 bits per heavy atom. The van der Waals surface area contributed by atoms with Gasteiger partial charge >= 0.3 is 0 Å². The first-order valence-corrected chi connectivity index (χ1v) is 8.72. The van der Waals surface area contributed by atoms with Crippen molar-refractivity contribution in [3.63, 3.8) is 0 Å². The summed E-state index contributed by atoms with van der Waals surface area (Å²) >= 11 is 1.39. The van der Waals surface area contributed by atoms with Gasteiger partial charge in [-0.2, -0.15) is 5.10 Å². The number of likely N-dealkylation sites (N-methyl/N-ethyl adjacent to an activating group) is 1. The fraction of sp³-hybridized carbons (Fsp3) is 0.294. The van der Waals surface area contributed by atoms with Crippen LogP contribution in [0.1, 0.15) is 15.5 Å². The molecule has 0 aliphatic rings. The molecule has 1 N–H and O–H groups in total. The van der Waals surface area contributed by atoms with Crippen molar-refractivity contribution < 1.29 is 4.79 Å². The Morgan fingerprint density at radius 1 is 1.24 bits per heavy atom. The van der Waals surface area contributed by atoms with Crippen LogP contribution in [0.3, 0.4) is 0 Å². The van der Waals surface area contributed by atoms with Crippen LogP contribution in [-0.2, 0) is 13.5 Å². The summed E-state index contributed by atoms with van der Waals surface area (Å²) in [6.07, 6.45) is 0.808. The number of anilines is 1. The lowest BCUT2D eigenvalue weighted by Crippen LogP contribution is -2.14. The first-order chi connectivity index (χ1) is 12.0. The molecule has 0 spiro atoms. The van der Waals surface area contributed by atoms with Crippen molar-refractivity contribution in [2.75, 3.05) is 26.0 Å². The van der Waals surface area contributed by atoms with E-state index >= 15 is 0 Å². The van der Waals surface area contributed by atoms with Crippen LogP contribution in [0.15, 0.2) is 36.4 Å². The van der Waals surface area contributed by atoms with E-state index in [4.69, 9.17) is 0 Å². The predicted molar refractivity (Wildman–Crippen MR) is 98.8 cm³/mol. The molecule has 3 rings (SSSR count). The molecule has 0 saturated carbocycles. The highest BCUT2D eigenvalue weighted by molar-refractivity contribution is 7.15. The largest absolute Gasteiger partial charge is 0.309 e. The van der Waals surface area contributed by atoms with Crippen molar-refractivity contribution in [3.05, 3.63) is 47.1 Å². The van der Waals surface area contributed by atoms with Crippen molar-refractivity contribution in [3.8, 4) is 11.3 Å². The molecule has 130 valence electrons. The SMILES string of the molecule is CN(C)CCc1nnc(NC(=O)c2cc(-c3ccccc3)n(C)n2)s1. The number of aryl methyl sites for hydroxylation is 1. The second kappa shape index (κ2) is 7.54. The topological polar surface area (TPSA) is 75.9 Å². The summed E-state index contributed by atoms with van der Waals surface area (Å²) < 4.78 is 1.70. The van der Waals surface area contributed by atoms with Crippen LogP contribution in [0, 0.1) is 0 Å². The minimum absolute atomic E-state index is 0.284. The Kier molecular flexibility index (Phi) is 5.20. The van der Waals surface area contributed by atoms with Crippen molar-refractivity contribution in [1.29, 1.82) is 0 Å². The maximum atomic E-state index is 12.4. The quantitative estimate of drug-likeness (QED) is 0.733. The third kappa shape index (κ3) is 4.28. The lowest BCUT2D eigenvalue weighted by molar-refractivity contribution is 0.102. The number of hydrogen-bond donors (Lipinski definition) is 1. The summed E-state index contributed by atoms with van der Waals surface area (Å²) in [6.45, 7) is 0.892. The van der Waals surface area contributed by atoms with Gasteiger partial charge in [0.1, 0.15) is 5.01 Å². The van der Waals surface area contributed by atoms with Crippen LogP contribution < -0.4 is 5.32 Å². The average Bonchev–Trinajstić information content (AvgIpc) is 3.20. The Hall–Kier alpha value is -2.58. The minimum Gasteiger partial charge on any atom is -0.309 e. The van der Waals surface area contributed by atoms with E-state index in [9.17, 15) is 4.79 Å². The third-order valence-corrected chi connectivity index (χ3v) is 4.54. The molecule has 0 aliphatic carbocycles. The number of aromatic nitrogens is 4. The first kappa shape index (κ1) is 17.2. The Balaban J connectivity index is 1.70. The van der Waals surface area contributed by atoms with Gasteiger partial charge in [0.2, 0.25) is 5.13 Å². The van der Waals surface area contributed by atoms with Crippen LogP contribution in [0.4, 0.5) is 5.13 Å². The lowest BCUT2D eigenvalue weighted by Gasteiger charge is -2.05. The number of rotatable bonds is 6. The van der Waals surface area contributed by atoms with E-state index < -0.39 is 0 Å². The average molecular weight is 356 g/mol. The number of carbonyl (C=O) groups excluding carboxylic acids is 1. The highest BCUT2D eigenvalue weighted by Gasteiger charge is 2.16. The first-order valence-electron chi connectivity index (χ1n) is 7.91. The summed E-state index contributed by atoms with van der Waals surface area (Å²) in [5.74, 6) is -0.284. The van der Waals surface area contributed by atoms with Gasteiger partial charge in [-0.05, 0) is 25.7 Å². The number of nitrogens with zero attached hydrogens (tertiary/aromatic N) is 5. The second-order valence-electron chi connectivity index (χ2n) is 5.91. The normalized spacial score (nSPS) is 11.0. The van der Waals surface area contributed by atoms with E-state index in [2.05, 4.69) is 25.5 Å². The predicted octanol–water partition coefficient (Wildman–Crippen LogP) is 2.29. The summed E-state index contributed by atoms with van der Waals surface area (Å²) in [5, 5.41) is 16.6. The lowest BCUT2D eigenvalue weighted by atomic mass is 10.1. The van der Waals surface area contributed by atoms with E-state index in [1.54, 1.807) is 10.7 Å². The monoisotopic (exact) mass is 356 g/mol. The molecule has 25 heavy (non-hydrogen) atoms. The van der Waals surface area contributed by atoms with Crippen molar-refractivity contribution in [2.45, 2.75) is 6.42 Å². The van der Waals surface area contributed by atoms with Gasteiger partial charge in [-0.15, -0.1) is 10.2 Å². The van der Waals surface area contributed by atoms with Crippen molar-refractivity contribution in [2.24, 2.45) is 7.05 Å². The van der Waals surface area contributed by atoms with Crippen LogP contribution in [0.2, 0.25) is 0 Å². The maximum absolute atomic E-state index is 12.4. The zero-order valence-corrected chi connectivity index (χ0v) is 15.2. The number of nitrogens with one attached hydrogen (secondary N) is 1. The smallest absolute Gasteiger partial charge is 0.278 e. The molecule has 0 radical (unpaired) electrons. The summed E-state index contributed by atoms with van der Waals surface area (Å²) in [7, 11) is 5.84. The van der Waals surface area contributed by atoms with Gasteiger partial charge < -0.3 is 4.90 Å². The fourth-order valence-corrected chi connectivity index (χ4v) is 3.07. The third-order valence-electron chi connectivity index (χ3n) is 3.64. The molecule has 2 heterocycles. The molecule has 0 unspecified atom stereocenters. The molecule has 0 saturated heterocycles. The maximum Gasteiger partial charge on any atom is 0.278 e. The van der Waals surface area contributed by atoms with Crippen LogP contribution >= 0.6 is 11.3 Å². The fourth-order valence-electron chi connectivity index (χ4n) is 2.34. The van der Waals surface area contributed by atoms with Crippen LogP contribution in [-0.4, -0.2) is 51.4 Å². The van der Waals surface area contributed by atoms with Crippen LogP contribution in [0.25, 0.3) is 11.3 Å². The molecule has 1 amide bonds. The van der Waals surface area contributed by atoms with E-state index in [-0.39, 0.29) is 5.91 Å². The van der Waals surface area contributed by atoms with Crippen molar-refractivity contribution >= 4 is 22.4 Å². The van der Waals surface area contributed by atoms with Gasteiger partial charge in [0, 0.05) is 20.0 Å². The number of carbonyl (C=O) groups is 1. The zero-order valence-electron chi connectivity index (χ0n) is 14.4. The second-order valence-corrected chi connectivity index (χ2v) is 6.97. The van der Waals surface area contributed by atoms with Gasteiger partial charge in [0.05, 0.1) is 5.69 Å². The molecule has 2 aromatic heterocycles. The van der Waals surface area contributed by atoms with E-state index in [0.29, 0.717) is 10.8 Å². The summed E-state index contributed by atoms with van der Waals surface area (Å²) in [4.78, 5) is 14.5.